The Labute approximate surface area is 144 Å². The van der Waals surface area contributed by atoms with Crippen molar-refractivity contribution in [3.63, 3.8) is 0 Å². The zero-order chi connectivity index (χ0) is 17.7. The van der Waals surface area contributed by atoms with Crippen LogP contribution < -0.4 is 0 Å². The Kier molecular flexibility index (Phi) is 7.98. The number of ether oxygens (including phenoxy) is 2. The largest absolute Gasteiger partial charge is 0.385 e. The molecule has 1 fully saturated rings. The van der Waals surface area contributed by atoms with Gasteiger partial charge in [-0.2, -0.15) is 0 Å². The summed E-state index contributed by atoms with van der Waals surface area (Å²) in [4.78, 5) is 0. The van der Waals surface area contributed by atoms with Crippen molar-refractivity contribution in [3.05, 3.63) is 11.6 Å². The van der Waals surface area contributed by atoms with Gasteiger partial charge in [-0.05, 0) is 42.7 Å². The highest BCUT2D eigenvalue weighted by Crippen LogP contribution is 2.38. The molecular weight excluding hydrogens is 304 g/mol. The van der Waals surface area contributed by atoms with Crippen LogP contribution in [0.3, 0.4) is 0 Å². The molecule has 0 amide bonds. The lowest BCUT2D eigenvalue weighted by atomic mass is 9.75. The van der Waals surface area contributed by atoms with Gasteiger partial charge in [0, 0.05) is 8.07 Å². The highest BCUT2D eigenvalue weighted by atomic mass is 28.3. The van der Waals surface area contributed by atoms with Gasteiger partial charge in [-0.3, -0.25) is 0 Å². The molecule has 136 valence electrons. The van der Waals surface area contributed by atoms with Gasteiger partial charge >= 0.3 is 0 Å². The molecule has 0 spiro atoms. The Hall–Kier alpha value is -0.163. The van der Waals surface area contributed by atoms with Gasteiger partial charge in [0.15, 0.2) is 6.29 Å². The lowest BCUT2D eigenvalue weighted by Crippen LogP contribution is -2.44. The summed E-state index contributed by atoms with van der Waals surface area (Å²) in [7, 11) is -1.29. The van der Waals surface area contributed by atoms with Crippen LogP contribution in [-0.2, 0) is 9.47 Å². The molecule has 0 aromatic rings. The molecule has 1 aliphatic heterocycles. The second-order valence-corrected chi connectivity index (χ2v) is 14.2. The third kappa shape index (κ3) is 6.33. The number of hydrogen-bond donors (Lipinski definition) is 1. The zero-order valence-electron chi connectivity index (χ0n) is 16.3. The van der Waals surface area contributed by atoms with Gasteiger partial charge in [0.1, 0.15) is 0 Å². The molecule has 0 unspecified atom stereocenters. The zero-order valence-corrected chi connectivity index (χ0v) is 17.3. The Morgan fingerprint density at radius 3 is 2.09 bits per heavy atom. The van der Waals surface area contributed by atoms with Gasteiger partial charge in [-0.15, -0.1) is 0 Å². The summed E-state index contributed by atoms with van der Waals surface area (Å²) in [6.07, 6.45) is 5.28. The normalized spacial score (nSPS) is 18.4. The van der Waals surface area contributed by atoms with Crippen molar-refractivity contribution in [2.75, 3.05) is 13.2 Å². The van der Waals surface area contributed by atoms with E-state index >= 15 is 0 Å². The second-order valence-electron chi connectivity index (χ2n) is 8.70. The van der Waals surface area contributed by atoms with Gasteiger partial charge in [0.25, 0.3) is 0 Å². The molecule has 0 aliphatic carbocycles. The quantitative estimate of drug-likeness (QED) is 0.370. The maximum absolute atomic E-state index is 11.4. The van der Waals surface area contributed by atoms with E-state index in [0.29, 0.717) is 0 Å². The summed E-state index contributed by atoms with van der Waals surface area (Å²) in [6.45, 7) is 17.1. The molecular formula is C19H38O3Si. The van der Waals surface area contributed by atoms with Crippen molar-refractivity contribution < 1.29 is 14.6 Å². The van der Waals surface area contributed by atoms with Crippen molar-refractivity contribution in [1.29, 1.82) is 0 Å². The van der Waals surface area contributed by atoms with Gasteiger partial charge in [0.2, 0.25) is 0 Å². The molecule has 1 heterocycles. The Morgan fingerprint density at radius 1 is 1.13 bits per heavy atom. The minimum absolute atomic E-state index is 0.0158. The first-order valence-electron chi connectivity index (χ1n) is 9.22. The van der Waals surface area contributed by atoms with Crippen molar-refractivity contribution >= 4 is 8.07 Å². The van der Waals surface area contributed by atoms with E-state index in [2.05, 4.69) is 53.4 Å². The van der Waals surface area contributed by atoms with Crippen LogP contribution in [0, 0.1) is 11.8 Å². The maximum Gasteiger partial charge on any atom is 0.157 e. The average molecular weight is 343 g/mol. The van der Waals surface area contributed by atoms with Crippen molar-refractivity contribution in [2.45, 2.75) is 84.5 Å². The Morgan fingerprint density at radius 2 is 1.65 bits per heavy atom. The van der Waals surface area contributed by atoms with Crippen molar-refractivity contribution in [2.24, 2.45) is 11.8 Å². The lowest BCUT2D eigenvalue weighted by molar-refractivity contribution is -0.0475. The topological polar surface area (TPSA) is 38.7 Å². The van der Waals surface area contributed by atoms with Crippen LogP contribution in [-0.4, -0.2) is 38.3 Å². The number of allylic oxidation sites excluding steroid dienone is 1. The molecule has 1 aliphatic rings. The minimum Gasteiger partial charge on any atom is -0.385 e. The molecule has 1 saturated heterocycles. The third-order valence-electron chi connectivity index (χ3n) is 4.72. The summed E-state index contributed by atoms with van der Waals surface area (Å²) >= 11 is 0. The summed E-state index contributed by atoms with van der Waals surface area (Å²) in [6, 6.07) is 1.07. The standard InChI is InChI=1S/C19H38O3Si/c1-15(2)19(20,16(3)4)17(14-23(5,6)7)10-8-9-11-18-21-12-13-22-18/h10,15-16,18,20H,8-9,11-14H2,1-7H3/b17-10+. The molecule has 0 aromatic heterocycles. The SMILES string of the molecule is CC(C)C(O)(/C(=C/CCCC1OCCO1)C[Si](C)(C)C)C(C)C. The second kappa shape index (κ2) is 8.79. The number of unbranched alkanes of at least 4 members (excludes halogenated alkanes) is 1. The monoisotopic (exact) mass is 342 g/mol. The Balaban J connectivity index is 2.79. The van der Waals surface area contributed by atoms with Gasteiger partial charge in [-0.1, -0.05) is 53.4 Å². The smallest absolute Gasteiger partial charge is 0.157 e. The fraction of sp³-hybridized carbons (Fsp3) is 0.895. The third-order valence-corrected chi connectivity index (χ3v) is 6.16. The van der Waals surface area contributed by atoms with Crippen LogP contribution in [0.5, 0.6) is 0 Å². The van der Waals surface area contributed by atoms with Gasteiger partial charge in [0.05, 0.1) is 18.8 Å². The van der Waals surface area contributed by atoms with Crippen molar-refractivity contribution in [3.8, 4) is 0 Å². The van der Waals surface area contributed by atoms with Gasteiger partial charge in [-0.25, -0.2) is 0 Å². The van der Waals surface area contributed by atoms with E-state index < -0.39 is 13.7 Å². The van der Waals surface area contributed by atoms with Crippen LogP contribution in [0.4, 0.5) is 0 Å². The first-order chi connectivity index (χ1) is 10.6. The molecule has 0 aromatic carbocycles. The summed E-state index contributed by atoms with van der Waals surface area (Å²) < 4.78 is 11.0. The molecule has 3 nitrogen and oxygen atoms in total. The Bertz CT molecular complexity index is 369. The van der Waals surface area contributed by atoms with E-state index in [9.17, 15) is 5.11 Å². The van der Waals surface area contributed by atoms with Crippen LogP contribution >= 0.6 is 0 Å². The van der Waals surface area contributed by atoms with Gasteiger partial charge < -0.3 is 14.6 Å². The predicted molar refractivity (Wildman–Crippen MR) is 100 cm³/mol. The molecule has 23 heavy (non-hydrogen) atoms. The fourth-order valence-corrected chi connectivity index (χ4v) is 5.06. The van der Waals surface area contributed by atoms with E-state index in [1.165, 1.54) is 5.57 Å². The molecule has 0 bridgehead atoms. The van der Waals surface area contributed by atoms with Crippen LogP contribution in [0.2, 0.25) is 25.7 Å². The van der Waals surface area contributed by atoms with Crippen LogP contribution in [0.15, 0.2) is 11.6 Å². The van der Waals surface area contributed by atoms with E-state index in [0.717, 1.165) is 38.5 Å². The highest BCUT2D eigenvalue weighted by molar-refractivity contribution is 6.76. The highest BCUT2D eigenvalue weighted by Gasteiger charge is 2.39. The fourth-order valence-electron chi connectivity index (χ4n) is 3.49. The number of rotatable bonds is 9. The lowest BCUT2D eigenvalue weighted by Gasteiger charge is -2.41. The van der Waals surface area contributed by atoms with Crippen LogP contribution in [0.1, 0.15) is 47.0 Å². The molecule has 0 atom stereocenters. The van der Waals surface area contributed by atoms with Crippen molar-refractivity contribution in [1.82, 2.24) is 0 Å². The molecule has 1 rings (SSSR count). The molecule has 1 N–H and O–H groups in total. The predicted octanol–water partition coefficient (Wildman–Crippen LogP) is 4.84. The maximum atomic E-state index is 11.4. The van der Waals surface area contributed by atoms with Crippen LogP contribution in [0.25, 0.3) is 0 Å². The van der Waals surface area contributed by atoms with E-state index in [1.807, 2.05) is 0 Å². The minimum atomic E-state index is -1.29. The summed E-state index contributed by atoms with van der Waals surface area (Å²) in [5.41, 5.74) is 0.565. The number of hydrogen-bond acceptors (Lipinski definition) is 3. The van der Waals surface area contributed by atoms with E-state index in [-0.39, 0.29) is 18.1 Å². The summed E-state index contributed by atoms with van der Waals surface area (Å²) in [5.74, 6) is 0.457. The number of aliphatic hydroxyl groups is 1. The average Bonchev–Trinajstić information content (AvgIpc) is 2.92. The van der Waals surface area contributed by atoms with E-state index in [4.69, 9.17) is 9.47 Å². The molecule has 0 radical (unpaired) electrons. The van der Waals surface area contributed by atoms with E-state index in [1.54, 1.807) is 0 Å². The first-order valence-corrected chi connectivity index (χ1v) is 12.9. The first kappa shape index (κ1) is 20.9. The molecule has 0 saturated carbocycles. The summed E-state index contributed by atoms with van der Waals surface area (Å²) in [5, 5.41) is 11.4. The molecule has 4 heteroatoms.